The van der Waals surface area contributed by atoms with Crippen LogP contribution in [0.15, 0.2) is 48.5 Å². The largest absolute Gasteiger partial charge is 0.491 e. The number of amides is 1. The van der Waals surface area contributed by atoms with Crippen molar-refractivity contribution < 1.29 is 36.9 Å². The lowest BCUT2D eigenvalue weighted by atomic mass is 9.68. The van der Waals surface area contributed by atoms with E-state index in [1.54, 1.807) is 17.0 Å². The molecule has 2 aliphatic rings. The Morgan fingerprint density at radius 1 is 0.879 bits per heavy atom. The van der Waals surface area contributed by atoms with E-state index in [9.17, 15) is 27.5 Å². The van der Waals surface area contributed by atoms with Crippen LogP contribution in [0.5, 0.6) is 11.5 Å². The molecule has 1 amide bonds. The van der Waals surface area contributed by atoms with Gasteiger partial charge in [-0.1, -0.05) is 0 Å². The van der Waals surface area contributed by atoms with Crippen LogP contribution >= 0.6 is 0 Å². The Labute approximate surface area is 188 Å². The summed E-state index contributed by atoms with van der Waals surface area (Å²) in [6.07, 6.45) is -1.94. The topological polar surface area (TPSA) is 59.0 Å². The van der Waals surface area contributed by atoms with Crippen molar-refractivity contribution in [1.29, 1.82) is 0 Å². The molecule has 1 aliphatic heterocycles. The second-order valence-corrected chi connectivity index (χ2v) is 8.85. The van der Waals surface area contributed by atoms with Crippen LogP contribution in [0.25, 0.3) is 0 Å². The van der Waals surface area contributed by atoms with E-state index in [0.717, 1.165) is 0 Å². The summed E-state index contributed by atoms with van der Waals surface area (Å²) >= 11 is 0. The predicted molar refractivity (Wildman–Crippen MR) is 113 cm³/mol. The second kappa shape index (κ2) is 8.85. The maximum Gasteiger partial charge on any atom is 0.422 e. The zero-order chi connectivity index (χ0) is 23.7. The Kier molecular flexibility index (Phi) is 6.26. The van der Waals surface area contributed by atoms with Gasteiger partial charge in [-0.25, -0.2) is 4.39 Å². The number of aliphatic hydroxyl groups is 1. The summed E-state index contributed by atoms with van der Waals surface area (Å²) in [6, 6.07) is 11.6. The van der Waals surface area contributed by atoms with Gasteiger partial charge in [0.1, 0.15) is 23.9 Å². The Bertz CT molecular complexity index is 967. The molecule has 2 aromatic rings. The smallest absolute Gasteiger partial charge is 0.422 e. The van der Waals surface area contributed by atoms with Crippen molar-refractivity contribution in [2.24, 2.45) is 5.41 Å². The number of hydrogen-bond acceptors (Lipinski definition) is 4. The van der Waals surface area contributed by atoms with Gasteiger partial charge in [-0.3, -0.25) is 4.79 Å². The molecular weight excluding hydrogens is 442 g/mol. The van der Waals surface area contributed by atoms with Crippen LogP contribution in [0.2, 0.25) is 0 Å². The molecule has 4 rings (SSSR count). The Hall–Kier alpha value is -2.81. The van der Waals surface area contributed by atoms with E-state index in [0.29, 0.717) is 50.1 Å². The number of benzene rings is 2. The summed E-state index contributed by atoms with van der Waals surface area (Å²) < 4.78 is 60.3. The molecule has 2 fully saturated rings. The maximum atomic E-state index is 13.2. The van der Waals surface area contributed by atoms with Gasteiger partial charge in [0.2, 0.25) is 5.91 Å². The normalized spacial score (nSPS) is 25.5. The third kappa shape index (κ3) is 5.40. The summed E-state index contributed by atoms with van der Waals surface area (Å²) in [7, 11) is 0. The first-order valence-electron chi connectivity index (χ1n) is 10.8. The lowest BCUT2D eigenvalue weighted by molar-refractivity contribution is -0.153. The van der Waals surface area contributed by atoms with Crippen molar-refractivity contribution >= 4 is 11.6 Å². The highest BCUT2D eigenvalue weighted by Gasteiger charge is 2.51. The first kappa shape index (κ1) is 23.4. The molecule has 0 unspecified atom stereocenters. The molecule has 9 heteroatoms. The first-order chi connectivity index (χ1) is 15.6. The minimum absolute atomic E-state index is 0.0343. The van der Waals surface area contributed by atoms with E-state index in [4.69, 9.17) is 9.47 Å². The quantitative estimate of drug-likeness (QED) is 0.616. The lowest BCUT2D eigenvalue weighted by Crippen LogP contribution is -2.46. The molecule has 0 radical (unpaired) electrons. The van der Waals surface area contributed by atoms with Crippen molar-refractivity contribution in [3.63, 3.8) is 0 Å². The molecule has 1 aliphatic carbocycles. The molecule has 0 atom stereocenters. The van der Waals surface area contributed by atoms with Crippen LogP contribution in [-0.2, 0) is 4.79 Å². The molecule has 1 saturated carbocycles. The molecule has 1 N–H and O–H groups in total. The highest BCUT2D eigenvalue weighted by atomic mass is 19.4. The van der Waals surface area contributed by atoms with Gasteiger partial charge in [0, 0.05) is 12.2 Å². The summed E-state index contributed by atoms with van der Waals surface area (Å²) in [5.74, 6) is 0.151. The van der Waals surface area contributed by atoms with E-state index < -0.39 is 23.8 Å². The molecule has 33 heavy (non-hydrogen) atoms. The van der Waals surface area contributed by atoms with Gasteiger partial charge < -0.3 is 19.5 Å². The van der Waals surface area contributed by atoms with Gasteiger partial charge in [-0.05, 0) is 80.6 Å². The average Bonchev–Trinajstić information content (AvgIpc) is 3.10. The van der Waals surface area contributed by atoms with Crippen molar-refractivity contribution in [2.75, 3.05) is 24.7 Å². The fourth-order valence-corrected chi connectivity index (χ4v) is 4.51. The van der Waals surface area contributed by atoms with E-state index in [1.165, 1.54) is 36.4 Å². The Morgan fingerprint density at radius 2 is 1.45 bits per heavy atom. The maximum absolute atomic E-state index is 13.2. The number of ether oxygens (including phenoxy) is 2. The zero-order valence-corrected chi connectivity index (χ0v) is 17.9. The van der Waals surface area contributed by atoms with E-state index in [1.807, 2.05) is 0 Å². The summed E-state index contributed by atoms with van der Waals surface area (Å²) in [6.45, 7) is -0.802. The standard InChI is InChI=1S/C24H25F4NO4/c25-17-1-5-19(6-2-17)32-15-23(31)11-9-22(10-12-23)13-14-29(21(22)30)18-3-7-20(8-4-18)33-16-24(26,27)28/h1-8,31H,9-16H2. The Balaban J connectivity index is 1.33. The van der Waals surface area contributed by atoms with Gasteiger partial charge in [-0.2, -0.15) is 13.2 Å². The van der Waals surface area contributed by atoms with Crippen LogP contribution < -0.4 is 14.4 Å². The minimum atomic E-state index is -4.41. The summed E-state index contributed by atoms with van der Waals surface area (Å²) in [5, 5.41) is 10.9. The van der Waals surface area contributed by atoms with Gasteiger partial charge in [0.15, 0.2) is 6.61 Å². The molecule has 5 nitrogen and oxygen atoms in total. The minimum Gasteiger partial charge on any atom is -0.491 e. The molecule has 0 bridgehead atoms. The van der Waals surface area contributed by atoms with E-state index in [-0.39, 0.29) is 24.1 Å². The van der Waals surface area contributed by atoms with Gasteiger partial charge in [0.25, 0.3) is 0 Å². The number of hydrogen-bond donors (Lipinski definition) is 1. The van der Waals surface area contributed by atoms with Crippen molar-refractivity contribution in [3.05, 3.63) is 54.3 Å². The third-order valence-electron chi connectivity index (χ3n) is 6.52. The molecule has 178 valence electrons. The van der Waals surface area contributed by atoms with Crippen LogP contribution in [-0.4, -0.2) is 42.5 Å². The number of halogens is 4. The van der Waals surface area contributed by atoms with Crippen LogP contribution in [0, 0.1) is 11.2 Å². The fraction of sp³-hybridized carbons (Fsp3) is 0.458. The summed E-state index contributed by atoms with van der Waals surface area (Å²) in [5.41, 5.74) is -1.02. The molecule has 1 saturated heterocycles. The molecule has 1 spiro atoms. The van der Waals surface area contributed by atoms with Crippen molar-refractivity contribution in [1.82, 2.24) is 0 Å². The zero-order valence-electron chi connectivity index (χ0n) is 17.9. The van der Waals surface area contributed by atoms with Gasteiger partial charge in [-0.15, -0.1) is 0 Å². The fourth-order valence-electron chi connectivity index (χ4n) is 4.51. The Morgan fingerprint density at radius 3 is 2.06 bits per heavy atom. The van der Waals surface area contributed by atoms with Crippen molar-refractivity contribution in [2.45, 2.75) is 43.9 Å². The molecule has 2 aromatic carbocycles. The molecule has 1 heterocycles. The number of anilines is 1. The van der Waals surface area contributed by atoms with Gasteiger partial charge >= 0.3 is 6.18 Å². The molecular formula is C24H25F4NO4. The summed E-state index contributed by atoms with van der Waals surface area (Å²) in [4.78, 5) is 14.9. The highest BCUT2D eigenvalue weighted by molar-refractivity contribution is 6.00. The number of carbonyl (C=O) groups excluding carboxylic acids is 1. The SMILES string of the molecule is O=C1N(c2ccc(OCC(F)(F)F)cc2)CCC12CCC(O)(COc1ccc(F)cc1)CC2. The van der Waals surface area contributed by atoms with E-state index >= 15 is 0 Å². The second-order valence-electron chi connectivity index (χ2n) is 8.85. The average molecular weight is 467 g/mol. The number of nitrogens with zero attached hydrogens (tertiary/aromatic N) is 1. The number of carbonyl (C=O) groups is 1. The third-order valence-corrected chi connectivity index (χ3v) is 6.52. The number of alkyl halides is 3. The van der Waals surface area contributed by atoms with E-state index in [2.05, 4.69) is 0 Å². The highest BCUT2D eigenvalue weighted by Crippen LogP contribution is 2.48. The van der Waals surface area contributed by atoms with Gasteiger partial charge in [0.05, 0.1) is 11.0 Å². The predicted octanol–water partition coefficient (Wildman–Crippen LogP) is 4.87. The first-order valence-corrected chi connectivity index (χ1v) is 10.8. The van der Waals surface area contributed by atoms with Crippen molar-refractivity contribution in [3.8, 4) is 11.5 Å². The number of rotatable bonds is 6. The lowest BCUT2D eigenvalue weighted by Gasteiger charge is -2.40. The van der Waals surface area contributed by atoms with Crippen LogP contribution in [0.1, 0.15) is 32.1 Å². The van der Waals surface area contributed by atoms with Crippen LogP contribution in [0.4, 0.5) is 23.2 Å². The molecule has 0 aromatic heterocycles. The van der Waals surface area contributed by atoms with Crippen LogP contribution in [0.3, 0.4) is 0 Å². The monoisotopic (exact) mass is 467 g/mol.